The molecule has 0 spiro atoms. The zero-order valence-corrected chi connectivity index (χ0v) is 17.8. The second kappa shape index (κ2) is 9.76. The lowest BCUT2D eigenvalue weighted by molar-refractivity contribution is -0.122. The van der Waals surface area contributed by atoms with Gasteiger partial charge in [0.15, 0.2) is 0 Å². The van der Waals surface area contributed by atoms with E-state index >= 15 is 0 Å². The summed E-state index contributed by atoms with van der Waals surface area (Å²) in [6, 6.07) is 11.3. The van der Waals surface area contributed by atoms with Gasteiger partial charge in [-0.3, -0.25) is 9.59 Å². The molecule has 1 aliphatic rings. The third-order valence-electron chi connectivity index (χ3n) is 4.91. The molecule has 7 heteroatoms. The summed E-state index contributed by atoms with van der Waals surface area (Å²) in [5.41, 5.74) is 10.3. The number of carbonyl (C=O) groups is 2. The Hall–Kier alpha value is -2.57. The van der Waals surface area contributed by atoms with Gasteiger partial charge in [0.1, 0.15) is 12.4 Å². The number of nitrogens with zero attached hydrogens (tertiary/aromatic N) is 1. The lowest BCUT2D eigenvalue weighted by Crippen LogP contribution is -2.29. The minimum atomic E-state index is -0.374. The van der Waals surface area contributed by atoms with Crippen LogP contribution in [-0.2, 0) is 9.59 Å². The number of hydrogen-bond donors (Lipinski definition) is 2. The van der Waals surface area contributed by atoms with E-state index in [0.717, 1.165) is 16.8 Å². The van der Waals surface area contributed by atoms with Crippen LogP contribution in [0.15, 0.2) is 36.4 Å². The number of rotatable bonds is 6. The molecule has 29 heavy (non-hydrogen) atoms. The van der Waals surface area contributed by atoms with Crippen LogP contribution in [0.5, 0.6) is 5.75 Å². The summed E-state index contributed by atoms with van der Waals surface area (Å²) in [5, 5.41) is 2.90. The van der Waals surface area contributed by atoms with Crippen molar-refractivity contribution in [1.29, 1.82) is 0 Å². The standard InChI is InChI=1S/C22H27N3O3.ClH/c1-14-10-15(2)21(16(3)11-14)25-13-17(12-20(25)26)22(27)24-18-4-6-19(7-5-18)28-9-8-23;/h4-7,10-11,17H,8-9,12-13,23H2,1-3H3,(H,24,27);1H. The lowest BCUT2D eigenvalue weighted by Gasteiger charge is -2.22. The van der Waals surface area contributed by atoms with E-state index in [-0.39, 0.29) is 36.6 Å². The van der Waals surface area contributed by atoms with E-state index in [9.17, 15) is 9.59 Å². The van der Waals surface area contributed by atoms with E-state index < -0.39 is 0 Å². The molecule has 3 rings (SSSR count). The normalized spacial score (nSPS) is 15.8. The highest BCUT2D eigenvalue weighted by atomic mass is 35.5. The van der Waals surface area contributed by atoms with Gasteiger partial charge in [-0.05, 0) is 56.2 Å². The Kier molecular flexibility index (Phi) is 7.65. The molecule has 1 aliphatic heterocycles. The van der Waals surface area contributed by atoms with Gasteiger partial charge in [-0.1, -0.05) is 17.7 Å². The van der Waals surface area contributed by atoms with Crippen molar-refractivity contribution in [3.8, 4) is 5.75 Å². The number of benzene rings is 2. The molecule has 2 amide bonds. The molecule has 1 heterocycles. The van der Waals surface area contributed by atoms with Gasteiger partial charge in [-0.2, -0.15) is 0 Å². The van der Waals surface area contributed by atoms with E-state index in [1.54, 1.807) is 29.2 Å². The highest BCUT2D eigenvalue weighted by Gasteiger charge is 2.36. The molecular formula is C22H28ClN3O3. The summed E-state index contributed by atoms with van der Waals surface area (Å²) in [4.78, 5) is 27.0. The first-order valence-electron chi connectivity index (χ1n) is 9.51. The third-order valence-corrected chi connectivity index (χ3v) is 4.91. The Labute approximate surface area is 177 Å². The van der Waals surface area contributed by atoms with Gasteiger partial charge in [-0.15, -0.1) is 12.4 Å². The topological polar surface area (TPSA) is 84.7 Å². The van der Waals surface area contributed by atoms with Crippen LogP contribution in [0, 0.1) is 26.7 Å². The first kappa shape index (κ1) is 22.7. The van der Waals surface area contributed by atoms with E-state index in [1.807, 2.05) is 20.8 Å². The van der Waals surface area contributed by atoms with Crippen molar-refractivity contribution in [1.82, 2.24) is 0 Å². The molecule has 1 atom stereocenters. The van der Waals surface area contributed by atoms with Crippen molar-refractivity contribution in [2.24, 2.45) is 11.7 Å². The zero-order valence-electron chi connectivity index (χ0n) is 17.0. The summed E-state index contributed by atoms with van der Waals surface area (Å²) < 4.78 is 5.43. The number of ether oxygens (including phenoxy) is 1. The van der Waals surface area contributed by atoms with Gasteiger partial charge in [-0.25, -0.2) is 0 Å². The van der Waals surface area contributed by atoms with Gasteiger partial charge >= 0.3 is 0 Å². The maximum atomic E-state index is 12.7. The van der Waals surface area contributed by atoms with Gasteiger partial charge in [0.05, 0.1) is 5.92 Å². The summed E-state index contributed by atoms with van der Waals surface area (Å²) in [5.74, 6) is 0.173. The molecule has 1 saturated heterocycles. The van der Waals surface area contributed by atoms with Crippen LogP contribution in [0.2, 0.25) is 0 Å². The first-order valence-corrected chi connectivity index (χ1v) is 9.51. The van der Waals surface area contributed by atoms with E-state index in [0.29, 0.717) is 31.1 Å². The van der Waals surface area contributed by atoms with Gasteiger partial charge in [0.25, 0.3) is 0 Å². The number of hydrogen-bond acceptors (Lipinski definition) is 4. The second-order valence-electron chi connectivity index (χ2n) is 7.30. The predicted molar refractivity (Wildman–Crippen MR) is 118 cm³/mol. The first-order chi connectivity index (χ1) is 13.4. The number of anilines is 2. The van der Waals surface area contributed by atoms with Crippen LogP contribution in [0.4, 0.5) is 11.4 Å². The average Bonchev–Trinajstić information content (AvgIpc) is 3.02. The molecule has 0 aliphatic carbocycles. The van der Waals surface area contributed by atoms with Crippen molar-refractivity contribution in [2.45, 2.75) is 27.2 Å². The Bertz CT molecular complexity index is 860. The van der Waals surface area contributed by atoms with Crippen LogP contribution >= 0.6 is 12.4 Å². The SMILES string of the molecule is Cc1cc(C)c(N2CC(C(=O)Nc3ccc(OCCN)cc3)CC2=O)c(C)c1.Cl. The number of amides is 2. The molecule has 2 aromatic rings. The third kappa shape index (κ3) is 5.28. The molecule has 1 fully saturated rings. The van der Waals surface area contributed by atoms with Crippen molar-refractivity contribution < 1.29 is 14.3 Å². The molecule has 0 radical (unpaired) electrons. The number of carbonyl (C=O) groups excluding carboxylic acids is 2. The Balaban J connectivity index is 0.00000300. The second-order valence-corrected chi connectivity index (χ2v) is 7.30. The van der Waals surface area contributed by atoms with Crippen LogP contribution in [0.1, 0.15) is 23.1 Å². The summed E-state index contributed by atoms with van der Waals surface area (Å²) >= 11 is 0. The molecule has 6 nitrogen and oxygen atoms in total. The van der Waals surface area contributed by atoms with Crippen LogP contribution in [-0.4, -0.2) is 31.5 Å². The van der Waals surface area contributed by atoms with Crippen LogP contribution in [0.3, 0.4) is 0 Å². The molecule has 1 unspecified atom stereocenters. The quantitative estimate of drug-likeness (QED) is 0.754. The highest BCUT2D eigenvalue weighted by molar-refractivity contribution is 6.04. The number of aryl methyl sites for hydroxylation is 3. The van der Waals surface area contributed by atoms with Crippen LogP contribution in [0.25, 0.3) is 0 Å². The molecular weight excluding hydrogens is 390 g/mol. The molecule has 3 N–H and O–H groups in total. The molecule has 156 valence electrons. The maximum absolute atomic E-state index is 12.7. The van der Waals surface area contributed by atoms with Crippen LogP contribution < -0.4 is 20.7 Å². The highest BCUT2D eigenvalue weighted by Crippen LogP contribution is 2.32. The zero-order chi connectivity index (χ0) is 20.3. The van der Waals surface area contributed by atoms with E-state index in [2.05, 4.69) is 17.4 Å². The minimum absolute atomic E-state index is 0. The van der Waals surface area contributed by atoms with Crippen molar-refractivity contribution in [3.63, 3.8) is 0 Å². The minimum Gasteiger partial charge on any atom is -0.492 e. The fourth-order valence-electron chi connectivity index (χ4n) is 3.75. The summed E-state index contributed by atoms with van der Waals surface area (Å²) in [7, 11) is 0. The predicted octanol–water partition coefficient (Wildman–Crippen LogP) is 3.36. The fourth-order valence-corrected chi connectivity index (χ4v) is 3.75. The lowest BCUT2D eigenvalue weighted by atomic mass is 10.0. The number of halogens is 1. The molecule has 0 saturated carbocycles. The maximum Gasteiger partial charge on any atom is 0.229 e. The van der Waals surface area contributed by atoms with Crippen molar-refractivity contribution in [3.05, 3.63) is 53.1 Å². The molecule has 2 aromatic carbocycles. The smallest absolute Gasteiger partial charge is 0.229 e. The number of nitrogens with two attached hydrogens (primary N) is 1. The molecule has 0 aromatic heterocycles. The Morgan fingerprint density at radius 2 is 1.79 bits per heavy atom. The summed E-state index contributed by atoms with van der Waals surface area (Å²) in [6.07, 6.45) is 0.219. The van der Waals surface area contributed by atoms with E-state index in [1.165, 1.54) is 5.56 Å². The monoisotopic (exact) mass is 417 g/mol. The van der Waals surface area contributed by atoms with Crippen molar-refractivity contribution in [2.75, 3.05) is 29.9 Å². The van der Waals surface area contributed by atoms with Gasteiger partial charge in [0.2, 0.25) is 11.8 Å². The largest absolute Gasteiger partial charge is 0.492 e. The van der Waals surface area contributed by atoms with Gasteiger partial charge in [0, 0.05) is 30.9 Å². The van der Waals surface area contributed by atoms with Gasteiger partial charge < -0.3 is 20.7 Å². The average molecular weight is 418 g/mol. The summed E-state index contributed by atoms with van der Waals surface area (Å²) in [6.45, 7) is 7.34. The molecule has 0 bridgehead atoms. The van der Waals surface area contributed by atoms with Crippen molar-refractivity contribution >= 4 is 35.6 Å². The van der Waals surface area contributed by atoms with E-state index in [4.69, 9.17) is 10.5 Å². The Morgan fingerprint density at radius 1 is 1.17 bits per heavy atom. The Morgan fingerprint density at radius 3 is 2.38 bits per heavy atom. The fraction of sp³-hybridized carbons (Fsp3) is 0.364. The number of nitrogens with one attached hydrogen (secondary N) is 1.